The molecule has 2 aromatic carbocycles. The minimum Gasteiger partial charge on any atom is -0.376 e. The predicted octanol–water partition coefficient (Wildman–Crippen LogP) is 3.17. The molecule has 0 aliphatic rings. The summed E-state index contributed by atoms with van der Waals surface area (Å²) in [7, 11) is 0. The van der Waals surface area contributed by atoms with Gasteiger partial charge >= 0.3 is 0 Å². The van der Waals surface area contributed by atoms with Gasteiger partial charge in [-0.15, -0.1) is 0 Å². The molecule has 0 saturated heterocycles. The molecule has 0 aromatic heterocycles. The van der Waals surface area contributed by atoms with E-state index >= 15 is 0 Å². The molecule has 4 nitrogen and oxygen atoms in total. The van der Waals surface area contributed by atoms with Crippen molar-refractivity contribution in [3.63, 3.8) is 0 Å². The van der Waals surface area contributed by atoms with Crippen LogP contribution in [0.5, 0.6) is 0 Å². The van der Waals surface area contributed by atoms with Crippen LogP contribution in [-0.2, 0) is 4.79 Å². The van der Waals surface area contributed by atoms with E-state index in [1.165, 1.54) is 11.1 Å². The van der Waals surface area contributed by atoms with Gasteiger partial charge < -0.3 is 5.32 Å². The number of amides is 1. The van der Waals surface area contributed by atoms with Gasteiger partial charge in [0.25, 0.3) is 5.91 Å². The lowest BCUT2D eigenvalue weighted by molar-refractivity contribution is -0.119. The largest absolute Gasteiger partial charge is 0.376 e. The number of hydrazone groups is 1. The van der Waals surface area contributed by atoms with E-state index in [1.54, 1.807) is 6.21 Å². The van der Waals surface area contributed by atoms with E-state index in [9.17, 15) is 4.79 Å². The molecule has 2 aromatic rings. The number of anilines is 1. The van der Waals surface area contributed by atoms with Crippen molar-refractivity contribution in [1.82, 2.24) is 5.43 Å². The maximum Gasteiger partial charge on any atom is 0.259 e. The molecule has 4 heteroatoms. The van der Waals surface area contributed by atoms with Crippen LogP contribution in [0, 0.1) is 20.8 Å². The second-order valence-electron chi connectivity index (χ2n) is 5.37. The Hall–Kier alpha value is -2.62. The zero-order valence-corrected chi connectivity index (χ0v) is 13.2. The molecule has 0 saturated carbocycles. The molecule has 0 unspecified atom stereocenters. The number of carbonyl (C=O) groups excluding carboxylic acids is 1. The van der Waals surface area contributed by atoms with Crippen LogP contribution in [-0.4, -0.2) is 18.7 Å². The molecule has 2 rings (SSSR count). The van der Waals surface area contributed by atoms with Crippen LogP contribution in [0.25, 0.3) is 0 Å². The Morgan fingerprint density at radius 2 is 1.73 bits per heavy atom. The second-order valence-corrected chi connectivity index (χ2v) is 5.37. The van der Waals surface area contributed by atoms with Gasteiger partial charge in [-0.1, -0.05) is 41.5 Å². The van der Waals surface area contributed by atoms with Gasteiger partial charge in [0, 0.05) is 5.69 Å². The Bertz CT molecular complexity index is 675. The van der Waals surface area contributed by atoms with Gasteiger partial charge in [0.05, 0.1) is 12.8 Å². The van der Waals surface area contributed by atoms with Crippen molar-refractivity contribution in [3.05, 3.63) is 64.7 Å². The van der Waals surface area contributed by atoms with Gasteiger partial charge in [0.1, 0.15) is 0 Å². The van der Waals surface area contributed by atoms with Crippen molar-refractivity contribution in [2.24, 2.45) is 5.10 Å². The maximum atomic E-state index is 11.7. The van der Waals surface area contributed by atoms with Gasteiger partial charge in [-0.2, -0.15) is 5.10 Å². The highest BCUT2D eigenvalue weighted by Gasteiger charge is 2.00. The van der Waals surface area contributed by atoms with Crippen LogP contribution in [0.1, 0.15) is 22.3 Å². The van der Waals surface area contributed by atoms with Crippen molar-refractivity contribution in [2.75, 3.05) is 11.9 Å². The third-order valence-corrected chi connectivity index (χ3v) is 3.32. The number of hydrogen-bond donors (Lipinski definition) is 2. The highest BCUT2D eigenvalue weighted by atomic mass is 16.2. The minimum atomic E-state index is -0.179. The molecule has 0 radical (unpaired) electrons. The first-order chi connectivity index (χ1) is 10.5. The van der Waals surface area contributed by atoms with E-state index < -0.39 is 0 Å². The van der Waals surface area contributed by atoms with Crippen molar-refractivity contribution in [1.29, 1.82) is 0 Å². The fraction of sp³-hybridized carbons (Fsp3) is 0.222. The number of rotatable bonds is 5. The Kier molecular flexibility index (Phi) is 5.31. The first kappa shape index (κ1) is 15.8. The van der Waals surface area contributed by atoms with E-state index in [2.05, 4.69) is 21.9 Å². The molecular formula is C18H21N3O. The molecule has 0 bridgehead atoms. The summed E-state index contributed by atoms with van der Waals surface area (Å²) in [5.74, 6) is -0.179. The summed E-state index contributed by atoms with van der Waals surface area (Å²) < 4.78 is 0. The average Bonchev–Trinajstić information content (AvgIpc) is 2.49. The van der Waals surface area contributed by atoms with Gasteiger partial charge in [-0.05, 0) is 44.0 Å². The summed E-state index contributed by atoms with van der Waals surface area (Å²) >= 11 is 0. The molecule has 0 fully saturated rings. The Morgan fingerprint density at radius 3 is 2.41 bits per heavy atom. The Labute approximate surface area is 131 Å². The number of nitrogens with one attached hydrogen (secondary N) is 2. The fourth-order valence-electron chi connectivity index (χ4n) is 2.04. The summed E-state index contributed by atoms with van der Waals surface area (Å²) in [6.07, 6.45) is 1.67. The normalized spacial score (nSPS) is 10.7. The van der Waals surface area contributed by atoms with Crippen LogP contribution in [0.4, 0.5) is 5.69 Å². The number of hydrogen-bond acceptors (Lipinski definition) is 3. The van der Waals surface area contributed by atoms with Gasteiger partial charge in [-0.3, -0.25) is 4.79 Å². The van der Waals surface area contributed by atoms with Crippen molar-refractivity contribution >= 4 is 17.8 Å². The van der Waals surface area contributed by atoms with Crippen molar-refractivity contribution in [3.8, 4) is 0 Å². The number of benzene rings is 2. The summed E-state index contributed by atoms with van der Waals surface area (Å²) in [4.78, 5) is 11.7. The van der Waals surface area contributed by atoms with Crippen molar-refractivity contribution < 1.29 is 4.79 Å². The van der Waals surface area contributed by atoms with E-state index in [-0.39, 0.29) is 12.5 Å². The number of aryl methyl sites for hydroxylation is 3. The number of nitrogens with zero attached hydrogens (tertiary/aromatic N) is 1. The molecule has 114 valence electrons. The zero-order chi connectivity index (χ0) is 15.9. The minimum absolute atomic E-state index is 0.179. The van der Waals surface area contributed by atoms with Crippen LogP contribution in [0.3, 0.4) is 0 Å². The lowest BCUT2D eigenvalue weighted by Crippen LogP contribution is -2.25. The summed E-state index contributed by atoms with van der Waals surface area (Å²) in [5.41, 5.74) is 7.97. The molecule has 1 amide bonds. The standard InChI is InChI=1S/C18H21N3O/c1-13-5-8-17(9-6-13)19-12-18(22)21-20-11-16-7-4-14(2)10-15(16)3/h4-11,19H,12H2,1-3H3,(H,21,22)/b20-11-. The lowest BCUT2D eigenvalue weighted by atomic mass is 10.1. The molecule has 0 spiro atoms. The monoisotopic (exact) mass is 295 g/mol. The van der Waals surface area contributed by atoms with E-state index in [0.717, 1.165) is 16.8 Å². The number of carbonyl (C=O) groups is 1. The molecular weight excluding hydrogens is 274 g/mol. The van der Waals surface area contributed by atoms with Gasteiger partial charge in [-0.25, -0.2) is 5.43 Å². The molecule has 0 heterocycles. The van der Waals surface area contributed by atoms with Crippen LogP contribution < -0.4 is 10.7 Å². The highest BCUT2D eigenvalue weighted by molar-refractivity contribution is 5.85. The molecule has 0 aliphatic heterocycles. The van der Waals surface area contributed by atoms with E-state index in [4.69, 9.17) is 0 Å². The van der Waals surface area contributed by atoms with Gasteiger partial charge in [0.15, 0.2) is 0 Å². The molecule has 0 aliphatic carbocycles. The summed E-state index contributed by atoms with van der Waals surface area (Å²) in [5, 5.41) is 7.05. The van der Waals surface area contributed by atoms with Gasteiger partial charge in [0.2, 0.25) is 0 Å². The molecule has 2 N–H and O–H groups in total. The van der Waals surface area contributed by atoms with Crippen molar-refractivity contribution in [2.45, 2.75) is 20.8 Å². The average molecular weight is 295 g/mol. The third kappa shape index (κ3) is 4.74. The SMILES string of the molecule is Cc1ccc(NCC(=O)N/N=C\c2ccc(C)cc2C)cc1. The second kappa shape index (κ2) is 7.41. The Morgan fingerprint density at radius 1 is 1.05 bits per heavy atom. The summed E-state index contributed by atoms with van der Waals surface area (Å²) in [6, 6.07) is 14.0. The summed E-state index contributed by atoms with van der Waals surface area (Å²) in [6.45, 7) is 6.28. The van der Waals surface area contributed by atoms with Crippen LogP contribution in [0.2, 0.25) is 0 Å². The fourth-order valence-corrected chi connectivity index (χ4v) is 2.04. The van der Waals surface area contributed by atoms with E-state index in [0.29, 0.717) is 0 Å². The Balaban J connectivity index is 1.82. The highest BCUT2D eigenvalue weighted by Crippen LogP contribution is 2.08. The molecule has 0 atom stereocenters. The zero-order valence-electron chi connectivity index (χ0n) is 13.2. The first-order valence-corrected chi connectivity index (χ1v) is 7.24. The van der Waals surface area contributed by atoms with E-state index in [1.807, 2.05) is 57.2 Å². The maximum absolute atomic E-state index is 11.7. The van der Waals surface area contributed by atoms with Crippen LogP contribution in [0.15, 0.2) is 47.6 Å². The smallest absolute Gasteiger partial charge is 0.259 e. The lowest BCUT2D eigenvalue weighted by Gasteiger charge is -2.05. The predicted molar refractivity (Wildman–Crippen MR) is 91.3 cm³/mol. The third-order valence-electron chi connectivity index (χ3n) is 3.32. The first-order valence-electron chi connectivity index (χ1n) is 7.24. The van der Waals surface area contributed by atoms with Crippen LogP contribution >= 0.6 is 0 Å². The quantitative estimate of drug-likeness (QED) is 0.657. The molecule has 22 heavy (non-hydrogen) atoms. The topological polar surface area (TPSA) is 53.5 Å².